The summed E-state index contributed by atoms with van der Waals surface area (Å²) >= 11 is 0. The van der Waals surface area contributed by atoms with Crippen molar-refractivity contribution in [2.24, 2.45) is 13.0 Å². The minimum Gasteiger partial charge on any atom is -0.293 e. The maximum absolute atomic E-state index is 12.1. The number of aryl methyl sites for hydroxylation is 2. The van der Waals surface area contributed by atoms with E-state index in [1.54, 1.807) is 0 Å². The molecule has 0 radical (unpaired) electrons. The van der Waals surface area contributed by atoms with E-state index in [4.69, 9.17) is 5.10 Å². The van der Waals surface area contributed by atoms with E-state index in [1.807, 2.05) is 17.8 Å². The molecule has 4 nitrogen and oxygen atoms in total. The summed E-state index contributed by atoms with van der Waals surface area (Å²) in [6.07, 6.45) is 4.20. The quantitative estimate of drug-likeness (QED) is 0.801. The second-order valence-electron chi connectivity index (χ2n) is 7.48. The molecule has 2 unspecified atom stereocenters. The van der Waals surface area contributed by atoms with E-state index in [0.29, 0.717) is 6.42 Å². The van der Waals surface area contributed by atoms with E-state index in [0.717, 1.165) is 24.2 Å². The zero-order valence-electron chi connectivity index (χ0n) is 14.8. The van der Waals surface area contributed by atoms with Gasteiger partial charge in [-0.1, -0.05) is 36.8 Å². The second-order valence-corrected chi connectivity index (χ2v) is 7.48. The van der Waals surface area contributed by atoms with Gasteiger partial charge in [0.2, 0.25) is 0 Å². The summed E-state index contributed by atoms with van der Waals surface area (Å²) in [6, 6.07) is 10.6. The van der Waals surface area contributed by atoms with Gasteiger partial charge >= 0.3 is 0 Å². The normalized spacial score (nSPS) is 25.0. The van der Waals surface area contributed by atoms with Crippen molar-refractivity contribution in [1.82, 2.24) is 9.78 Å². The van der Waals surface area contributed by atoms with Gasteiger partial charge in [0.25, 0.3) is 0 Å². The molecule has 0 spiro atoms. The number of carbonyl (C=O) groups excluding carboxylic acids is 1. The Morgan fingerprint density at radius 3 is 2.92 bits per heavy atom. The highest BCUT2D eigenvalue weighted by molar-refractivity contribution is 6.00. The lowest BCUT2D eigenvalue weighted by Gasteiger charge is -2.40. The molecule has 25 heavy (non-hydrogen) atoms. The van der Waals surface area contributed by atoms with Crippen molar-refractivity contribution in [3.8, 4) is 17.3 Å². The topological polar surface area (TPSA) is 58.7 Å². The number of aromatic nitrogens is 2. The van der Waals surface area contributed by atoms with Gasteiger partial charge in [-0.25, -0.2) is 0 Å². The van der Waals surface area contributed by atoms with Crippen molar-refractivity contribution in [3.63, 3.8) is 0 Å². The second kappa shape index (κ2) is 5.42. The molecule has 1 aromatic carbocycles. The zero-order valence-corrected chi connectivity index (χ0v) is 14.8. The van der Waals surface area contributed by atoms with Gasteiger partial charge in [0.1, 0.15) is 6.07 Å². The van der Waals surface area contributed by atoms with Crippen molar-refractivity contribution in [2.75, 3.05) is 0 Å². The van der Waals surface area contributed by atoms with Crippen LogP contribution in [0, 0.1) is 24.2 Å². The minimum absolute atomic E-state index is 0.0248. The fourth-order valence-electron chi connectivity index (χ4n) is 4.51. The van der Waals surface area contributed by atoms with Crippen LogP contribution in [-0.2, 0) is 23.7 Å². The van der Waals surface area contributed by atoms with E-state index >= 15 is 0 Å². The standard InChI is InChI=1S/C21H21N3O/c1-13-5-4-6-14(9-13)19-17-8-7-16-10-18(25)15(12-22)11-21(16,2)20(17)23-24(19)3/h4-6,9,11,16H,7-8,10H2,1-3H3. The SMILES string of the molecule is Cc1cccc(-c2c3c(nn2C)C2(C)C=C(C#N)C(=O)CC2CC3)c1. The Labute approximate surface area is 147 Å². The number of ketones is 1. The molecule has 0 saturated carbocycles. The summed E-state index contributed by atoms with van der Waals surface area (Å²) in [5.41, 5.74) is 5.79. The molecule has 4 rings (SSSR count). The number of Topliss-reactive ketones (excluding diaryl/α,β-unsaturated/α-hetero) is 1. The van der Waals surface area contributed by atoms with Crippen molar-refractivity contribution in [2.45, 2.75) is 38.5 Å². The van der Waals surface area contributed by atoms with E-state index in [-0.39, 0.29) is 22.7 Å². The predicted octanol–water partition coefficient (Wildman–Crippen LogP) is 3.64. The van der Waals surface area contributed by atoms with Gasteiger partial charge in [0.15, 0.2) is 5.78 Å². The Morgan fingerprint density at radius 1 is 1.40 bits per heavy atom. The Balaban J connectivity index is 1.92. The first-order valence-electron chi connectivity index (χ1n) is 8.73. The number of rotatable bonds is 1. The lowest BCUT2D eigenvalue weighted by molar-refractivity contribution is -0.117. The molecule has 0 bridgehead atoms. The van der Waals surface area contributed by atoms with Crippen LogP contribution < -0.4 is 0 Å². The van der Waals surface area contributed by atoms with Crippen molar-refractivity contribution >= 4 is 5.78 Å². The molecule has 2 aliphatic carbocycles. The van der Waals surface area contributed by atoms with Gasteiger partial charge in [-0.05, 0) is 31.7 Å². The number of hydrogen-bond donors (Lipinski definition) is 0. The Kier molecular flexibility index (Phi) is 3.43. The van der Waals surface area contributed by atoms with Crippen LogP contribution >= 0.6 is 0 Å². The monoisotopic (exact) mass is 331 g/mol. The maximum atomic E-state index is 12.1. The van der Waals surface area contributed by atoms with Crippen LogP contribution in [0.15, 0.2) is 35.9 Å². The molecule has 126 valence electrons. The van der Waals surface area contributed by atoms with Crippen LogP contribution in [0.3, 0.4) is 0 Å². The summed E-state index contributed by atoms with van der Waals surface area (Å²) < 4.78 is 1.96. The number of fused-ring (bicyclic) bond motifs is 3. The van der Waals surface area contributed by atoms with Crippen molar-refractivity contribution < 1.29 is 4.79 Å². The lowest BCUT2D eigenvalue weighted by atomic mass is 9.61. The Morgan fingerprint density at radius 2 is 2.20 bits per heavy atom. The molecule has 0 fully saturated rings. The molecule has 0 amide bonds. The van der Waals surface area contributed by atoms with Crippen LogP contribution in [-0.4, -0.2) is 15.6 Å². The average Bonchev–Trinajstić information content (AvgIpc) is 2.92. The molecule has 0 aliphatic heterocycles. The molecule has 4 heteroatoms. The highest BCUT2D eigenvalue weighted by Crippen LogP contribution is 2.49. The van der Waals surface area contributed by atoms with Gasteiger partial charge in [0.05, 0.1) is 17.0 Å². The molecule has 1 aromatic heterocycles. The fraction of sp³-hybridized carbons (Fsp3) is 0.381. The van der Waals surface area contributed by atoms with Crippen LogP contribution in [0.25, 0.3) is 11.3 Å². The zero-order chi connectivity index (χ0) is 17.8. The third-order valence-corrected chi connectivity index (χ3v) is 5.83. The van der Waals surface area contributed by atoms with E-state index in [1.165, 1.54) is 16.7 Å². The third kappa shape index (κ3) is 2.26. The molecule has 2 aromatic rings. The van der Waals surface area contributed by atoms with Gasteiger partial charge in [-0.2, -0.15) is 10.4 Å². The van der Waals surface area contributed by atoms with E-state index < -0.39 is 0 Å². The molecule has 2 atom stereocenters. The predicted molar refractivity (Wildman–Crippen MR) is 95.9 cm³/mol. The van der Waals surface area contributed by atoms with Crippen LogP contribution in [0.2, 0.25) is 0 Å². The van der Waals surface area contributed by atoms with Crippen LogP contribution in [0.5, 0.6) is 0 Å². The number of hydrogen-bond acceptors (Lipinski definition) is 3. The average molecular weight is 331 g/mol. The first-order valence-corrected chi connectivity index (χ1v) is 8.73. The van der Waals surface area contributed by atoms with E-state index in [2.05, 4.69) is 44.2 Å². The van der Waals surface area contributed by atoms with Crippen LogP contribution in [0.4, 0.5) is 0 Å². The number of nitriles is 1. The summed E-state index contributed by atoms with van der Waals surface area (Å²) in [4.78, 5) is 12.1. The number of nitrogens with zero attached hydrogens (tertiary/aromatic N) is 3. The Bertz CT molecular complexity index is 960. The van der Waals surface area contributed by atoms with Gasteiger partial charge in [-0.3, -0.25) is 9.48 Å². The molecular weight excluding hydrogens is 310 g/mol. The molecule has 0 saturated heterocycles. The lowest BCUT2D eigenvalue weighted by Crippen LogP contribution is -2.40. The largest absolute Gasteiger partial charge is 0.293 e. The van der Waals surface area contributed by atoms with Gasteiger partial charge in [-0.15, -0.1) is 0 Å². The first kappa shape index (κ1) is 15.8. The summed E-state index contributed by atoms with van der Waals surface area (Å²) in [5, 5.41) is 14.2. The number of allylic oxidation sites excluding steroid dienone is 2. The fourth-order valence-corrected chi connectivity index (χ4v) is 4.51. The highest BCUT2D eigenvalue weighted by Gasteiger charge is 2.46. The number of carbonyl (C=O) groups is 1. The molecule has 2 aliphatic rings. The van der Waals surface area contributed by atoms with E-state index in [9.17, 15) is 10.1 Å². The maximum Gasteiger partial charge on any atom is 0.173 e. The summed E-state index contributed by atoms with van der Waals surface area (Å²) in [5.74, 6) is 0.202. The minimum atomic E-state index is -0.341. The van der Waals surface area contributed by atoms with Crippen molar-refractivity contribution in [1.29, 1.82) is 5.26 Å². The summed E-state index contributed by atoms with van der Waals surface area (Å²) in [7, 11) is 1.98. The van der Waals surface area contributed by atoms with Crippen molar-refractivity contribution in [3.05, 3.63) is 52.7 Å². The molecule has 1 heterocycles. The smallest absolute Gasteiger partial charge is 0.173 e. The first-order chi connectivity index (χ1) is 11.9. The third-order valence-electron chi connectivity index (χ3n) is 5.83. The molecule has 0 N–H and O–H groups in total. The van der Waals surface area contributed by atoms with Gasteiger partial charge in [0, 0.05) is 30.0 Å². The molecular formula is C21H21N3O. The highest BCUT2D eigenvalue weighted by atomic mass is 16.1. The Hall–Kier alpha value is -2.67. The number of benzene rings is 1. The van der Waals surface area contributed by atoms with Crippen LogP contribution in [0.1, 0.15) is 36.6 Å². The van der Waals surface area contributed by atoms with Gasteiger partial charge < -0.3 is 0 Å². The summed E-state index contributed by atoms with van der Waals surface area (Å²) in [6.45, 7) is 4.23.